The smallest absolute Gasteiger partial charge is 0.00367 e. The second kappa shape index (κ2) is 3.25. The van der Waals surface area contributed by atoms with Gasteiger partial charge in [0.25, 0.3) is 0 Å². The molecule has 0 aliphatic carbocycles. The normalized spacial score (nSPS) is 9.91. The Bertz CT molecular complexity index is 248. The predicted molar refractivity (Wildman–Crippen MR) is 38.1 cm³/mol. The van der Waals surface area contributed by atoms with Gasteiger partial charge in [-0.2, -0.15) is 0 Å². The topological polar surface area (TPSA) is 72.1 Å². The zero-order chi connectivity index (χ0) is 8.27. The Labute approximate surface area is 65.1 Å². The van der Waals surface area contributed by atoms with Crippen molar-refractivity contribution in [1.29, 1.82) is 0 Å². The third kappa shape index (κ3) is 1.85. The van der Waals surface area contributed by atoms with Crippen LogP contribution in [0.4, 0.5) is 0 Å². The fourth-order valence-electron chi connectivity index (χ4n) is 0.875. The molecule has 0 amide bonds. The van der Waals surface area contributed by atoms with Crippen molar-refractivity contribution in [2.45, 2.75) is 6.42 Å². The maximum Gasteiger partial charge on any atom is -0.00367 e. The highest BCUT2D eigenvalue weighted by Crippen LogP contribution is 2.18. The zero-order valence-electron chi connectivity index (χ0n) is 6.04. The van der Waals surface area contributed by atoms with Gasteiger partial charge < -0.3 is 15.9 Å². The highest BCUT2D eigenvalue weighted by Gasteiger charge is 1.88. The van der Waals surface area contributed by atoms with Gasteiger partial charge >= 0.3 is 0 Å². The Morgan fingerprint density at radius 3 is 2.45 bits per heavy atom. The van der Waals surface area contributed by atoms with Gasteiger partial charge in [0, 0.05) is 0 Å². The minimum atomic E-state index is -0.453. The minimum absolute atomic E-state index is 0.448. The van der Waals surface area contributed by atoms with Gasteiger partial charge in [-0.05, 0) is 18.5 Å². The average Bonchev–Trinajstić information content (AvgIpc) is 1.98. The van der Waals surface area contributed by atoms with Crippen LogP contribution in [0, 0.1) is 0 Å². The van der Waals surface area contributed by atoms with Gasteiger partial charge in [-0.1, -0.05) is 18.2 Å². The molecular weight excluding hydrogens is 142 g/mol. The quantitative estimate of drug-likeness (QED) is 0.609. The first-order chi connectivity index (χ1) is 5.24. The first kappa shape index (κ1) is 7.88. The molecule has 11 heavy (non-hydrogen) atoms. The third-order valence-electron chi connectivity index (χ3n) is 1.44. The molecule has 0 heterocycles. The first-order valence-corrected chi connectivity index (χ1v) is 3.41. The summed E-state index contributed by atoms with van der Waals surface area (Å²) >= 11 is 0. The maximum atomic E-state index is 10.8. The van der Waals surface area contributed by atoms with E-state index in [9.17, 15) is 10.2 Å². The molecule has 0 atom stereocenters. The van der Waals surface area contributed by atoms with Crippen molar-refractivity contribution >= 4 is 0 Å². The molecule has 1 aromatic rings. The van der Waals surface area contributed by atoms with E-state index in [0.717, 1.165) is 5.56 Å². The molecule has 0 radical (unpaired) electrons. The molecule has 3 heteroatoms. The molecule has 1 rings (SSSR count). The molecule has 0 fully saturated rings. The van der Waals surface area contributed by atoms with E-state index in [0.29, 0.717) is 13.0 Å². The summed E-state index contributed by atoms with van der Waals surface area (Å²) < 4.78 is 0. The first-order valence-electron chi connectivity index (χ1n) is 3.41. The number of hydrogen-bond donors (Lipinski definition) is 1. The second-order valence-electron chi connectivity index (χ2n) is 2.32. The van der Waals surface area contributed by atoms with Gasteiger partial charge in [0.05, 0.1) is 0 Å². The van der Waals surface area contributed by atoms with Crippen molar-refractivity contribution in [2.75, 3.05) is 6.54 Å². The van der Waals surface area contributed by atoms with Crippen molar-refractivity contribution in [3.63, 3.8) is 0 Å². The molecule has 60 valence electrons. The monoisotopic (exact) mass is 151 g/mol. The Hall–Kier alpha value is -1.22. The molecule has 0 aliphatic rings. The molecule has 1 aromatic carbocycles. The highest BCUT2D eigenvalue weighted by atomic mass is 16.3. The van der Waals surface area contributed by atoms with Crippen molar-refractivity contribution in [3.05, 3.63) is 23.8 Å². The summed E-state index contributed by atoms with van der Waals surface area (Å²) in [5, 5.41) is 21.4. The van der Waals surface area contributed by atoms with Crippen LogP contribution in [-0.2, 0) is 6.42 Å². The van der Waals surface area contributed by atoms with Crippen LogP contribution < -0.4 is 15.9 Å². The second-order valence-corrected chi connectivity index (χ2v) is 2.32. The van der Waals surface area contributed by atoms with E-state index < -0.39 is 11.5 Å². The Morgan fingerprint density at radius 2 is 1.91 bits per heavy atom. The van der Waals surface area contributed by atoms with E-state index >= 15 is 0 Å². The lowest BCUT2D eigenvalue weighted by atomic mass is 10.1. The lowest BCUT2D eigenvalue weighted by Gasteiger charge is -2.18. The summed E-state index contributed by atoms with van der Waals surface area (Å²) in [6.07, 6.45) is 0.648. The number of rotatable bonds is 2. The summed E-state index contributed by atoms with van der Waals surface area (Å²) in [6.45, 7) is 0.498. The number of nitrogens with two attached hydrogens (primary N) is 1. The van der Waals surface area contributed by atoms with Gasteiger partial charge in [0.2, 0.25) is 0 Å². The summed E-state index contributed by atoms with van der Waals surface area (Å²) in [5.41, 5.74) is 6.10. The van der Waals surface area contributed by atoms with Gasteiger partial charge in [-0.3, -0.25) is 0 Å². The minimum Gasteiger partial charge on any atom is -0.873 e. The Kier molecular flexibility index (Phi) is 2.33. The van der Waals surface area contributed by atoms with E-state index in [4.69, 9.17) is 5.73 Å². The van der Waals surface area contributed by atoms with Crippen molar-refractivity contribution < 1.29 is 10.2 Å². The lowest BCUT2D eigenvalue weighted by Crippen LogP contribution is -2.04. The molecule has 0 spiro atoms. The zero-order valence-corrected chi connectivity index (χ0v) is 6.04. The summed E-state index contributed by atoms with van der Waals surface area (Å²) in [4.78, 5) is 0. The Morgan fingerprint density at radius 1 is 1.18 bits per heavy atom. The maximum absolute atomic E-state index is 10.8. The van der Waals surface area contributed by atoms with Gasteiger partial charge in [-0.15, -0.1) is 11.5 Å². The van der Waals surface area contributed by atoms with E-state index in [-0.39, 0.29) is 0 Å². The standard InChI is InChI=1S/C8H11NO2/c9-4-3-6-1-2-7(10)8(11)5-6/h1-2,5,10-11H,3-4,9H2/p-2. The van der Waals surface area contributed by atoms with Gasteiger partial charge in [0.15, 0.2) is 0 Å². The summed E-state index contributed by atoms with van der Waals surface area (Å²) in [5.74, 6) is -0.901. The van der Waals surface area contributed by atoms with Crippen LogP contribution in [0.5, 0.6) is 11.5 Å². The fraction of sp³-hybridized carbons (Fsp3) is 0.250. The van der Waals surface area contributed by atoms with Crippen molar-refractivity contribution in [3.8, 4) is 11.5 Å². The summed E-state index contributed by atoms with van der Waals surface area (Å²) in [6, 6.07) is 4.26. The molecule has 0 saturated carbocycles. The molecule has 0 bridgehead atoms. The summed E-state index contributed by atoms with van der Waals surface area (Å²) in [7, 11) is 0. The number of hydrogen-bond acceptors (Lipinski definition) is 3. The Balaban J connectivity index is 2.86. The largest absolute Gasteiger partial charge is 0.873 e. The number of benzene rings is 1. The molecule has 3 nitrogen and oxygen atoms in total. The van der Waals surface area contributed by atoms with Crippen LogP contribution in [0.15, 0.2) is 18.2 Å². The highest BCUT2D eigenvalue weighted by molar-refractivity contribution is 5.38. The van der Waals surface area contributed by atoms with Crippen LogP contribution >= 0.6 is 0 Å². The van der Waals surface area contributed by atoms with Crippen LogP contribution in [0.25, 0.3) is 0 Å². The van der Waals surface area contributed by atoms with Gasteiger partial charge in [0.1, 0.15) is 0 Å². The van der Waals surface area contributed by atoms with Gasteiger partial charge in [-0.25, -0.2) is 0 Å². The van der Waals surface area contributed by atoms with E-state index in [1.165, 1.54) is 12.1 Å². The molecular formula is C8H9NO2-2. The van der Waals surface area contributed by atoms with Crippen LogP contribution in [0.1, 0.15) is 5.56 Å². The van der Waals surface area contributed by atoms with Crippen LogP contribution in [0.3, 0.4) is 0 Å². The molecule has 0 unspecified atom stereocenters. The van der Waals surface area contributed by atoms with Crippen molar-refractivity contribution in [2.24, 2.45) is 5.73 Å². The third-order valence-corrected chi connectivity index (χ3v) is 1.44. The van der Waals surface area contributed by atoms with Crippen LogP contribution in [-0.4, -0.2) is 6.54 Å². The molecule has 0 aliphatic heterocycles. The van der Waals surface area contributed by atoms with E-state index in [1.807, 2.05) is 0 Å². The average molecular weight is 151 g/mol. The molecule has 0 saturated heterocycles. The van der Waals surface area contributed by atoms with E-state index in [1.54, 1.807) is 6.07 Å². The molecule has 2 N–H and O–H groups in total. The molecule has 0 aromatic heterocycles. The van der Waals surface area contributed by atoms with E-state index in [2.05, 4.69) is 0 Å². The predicted octanol–water partition coefficient (Wildman–Crippen LogP) is -0.665. The van der Waals surface area contributed by atoms with Crippen molar-refractivity contribution in [1.82, 2.24) is 0 Å². The SMILES string of the molecule is NCCc1ccc([O-])c([O-])c1. The van der Waals surface area contributed by atoms with Crippen LogP contribution in [0.2, 0.25) is 0 Å². The fourth-order valence-corrected chi connectivity index (χ4v) is 0.875. The lowest BCUT2D eigenvalue weighted by molar-refractivity contribution is -0.317.